The SMILES string of the molecule is COc1nsc(N2CCN(C(=O)CCc3ccccc3)CC2)n1. The normalized spacial score (nSPS) is 14.8. The fourth-order valence-corrected chi connectivity index (χ4v) is 3.31. The van der Waals surface area contributed by atoms with Crippen LogP contribution in [-0.2, 0) is 11.2 Å². The first-order valence-corrected chi connectivity index (χ1v) is 8.48. The van der Waals surface area contributed by atoms with E-state index in [1.54, 1.807) is 7.11 Å². The number of aromatic nitrogens is 2. The van der Waals surface area contributed by atoms with Crippen LogP contribution >= 0.6 is 11.5 Å². The van der Waals surface area contributed by atoms with Crippen molar-refractivity contribution in [3.8, 4) is 6.01 Å². The summed E-state index contributed by atoms with van der Waals surface area (Å²) in [6.07, 6.45) is 1.37. The molecular weight excluding hydrogens is 312 g/mol. The van der Waals surface area contributed by atoms with Crippen molar-refractivity contribution in [3.63, 3.8) is 0 Å². The lowest BCUT2D eigenvalue weighted by Gasteiger charge is -2.34. The van der Waals surface area contributed by atoms with Gasteiger partial charge in [0, 0.05) is 44.1 Å². The molecule has 7 heteroatoms. The van der Waals surface area contributed by atoms with Crippen molar-refractivity contribution >= 4 is 22.6 Å². The lowest BCUT2D eigenvalue weighted by atomic mass is 10.1. The summed E-state index contributed by atoms with van der Waals surface area (Å²) in [5.41, 5.74) is 1.21. The number of methoxy groups -OCH3 is 1. The lowest BCUT2D eigenvalue weighted by Crippen LogP contribution is -2.48. The van der Waals surface area contributed by atoms with E-state index < -0.39 is 0 Å². The zero-order valence-electron chi connectivity index (χ0n) is 13.1. The molecule has 1 aliphatic rings. The van der Waals surface area contributed by atoms with E-state index in [1.165, 1.54) is 17.1 Å². The smallest absolute Gasteiger partial charge is 0.329 e. The molecule has 1 aromatic carbocycles. The summed E-state index contributed by atoms with van der Waals surface area (Å²) >= 11 is 1.33. The molecule has 0 radical (unpaired) electrons. The molecule has 2 heterocycles. The molecule has 0 spiro atoms. The number of piperazine rings is 1. The average Bonchev–Trinajstić information content (AvgIpc) is 3.10. The topological polar surface area (TPSA) is 58.6 Å². The lowest BCUT2D eigenvalue weighted by molar-refractivity contribution is -0.131. The van der Waals surface area contributed by atoms with Crippen LogP contribution < -0.4 is 9.64 Å². The third kappa shape index (κ3) is 3.98. The Morgan fingerprint density at radius 1 is 1.22 bits per heavy atom. The minimum absolute atomic E-state index is 0.225. The Balaban J connectivity index is 1.47. The minimum atomic E-state index is 0.225. The van der Waals surface area contributed by atoms with Crippen molar-refractivity contribution in [1.82, 2.24) is 14.3 Å². The van der Waals surface area contributed by atoms with Crippen LogP contribution in [0.2, 0.25) is 0 Å². The average molecular weight is 332 g/mol. The number of aryl methyl sites for hydroxylation is 1. The summed E-state index contributed by atoms with van der Waals surface area (Å²) in [5, 5.41) is 0.859. The molecule has 0 aliphatic carbocycles. The molecule has 3 rings (SSSR count). The molecule has 0 bridgehead atoms. The Hall–Kier alpha value is -2.15. The highest BCUT2D eigenvalue weighted by Crippen LogP contribution is 2.22. The van der Waals surface area contributed by atoms with Gasteiger partial charge < -0.3 is 14.5 Å². The maximum atomic E-state index is 12.3. The van der Waals surface area contributed by atoms with Crippen LogP contribution in [0.25, 0.3) is 0 Å². The molecule has 0 saturated carbocycles. The van der Waals surface area contributed by atoms with Crippen molar-refractivity contribution in [3.05, 3.63) is 35.9 Å². The van der Waals surface area contributed by atoms with E-state index in [9.17, 15) is 4.79 Å². The number of benzene rings is 1. The van der Waals surface area contributed by atoms with Gasteiger partial charge in [0.2, 0.25) is 11.0 Å². The molecular formula is C16H20N4O2S. The van der Waals surface area contributed by atoms with Gasteiger partial charge in [0.1, 0.15) is 0 Å². The van der Waals surface area contributed by atoms with Crippen LogP contribution in [0, 0.1) is 0 Å². The van der Waals surface area contributed by atoms with Gasteiger partial charge in [-0.15, -0.1) is 4.37 Å². The fourth-order valence-electron chi connectivity index (χ4n) is 2.62. The van der Waals surface area contributed by atoms with Gasteiger partial charge in [0.05, 0.1) is 7.11 Å². The third-order valence-electron chi connectivity index (χ3n) is 3.95. The van der Waals surface area contributed by atoms with Crippen molar-refractivity contribution < 1.29 is 9.53 Å². The molecule has 23 heavy (non-hydrogen) atoms. The number of ether oxygens (including phenoxy) is 1. The number of anilines is 1. The van der Waals surface area contributed by atoms with Crippen LogP contribution in [0.5, 0.6) is 6.01 Å². The number of hydrogen-bond donors (Lipinski definition) is 0. The van der Waals surface area contributed by atoms with Crippen LogP contribution in [0.4, 0.5) is 5.13 Å². The summed E-state index contributed by atoms with van der Waals surface area (Å²) in [7, 11) is 1.56. The molecule has 1 aliphatic heterocycles. The standard InChI is InChI=1S/C16H20N4O2S/c1-22-15-17-16(23-18-15)20-11-9-19(10-12-20)14(21)8-7-13-5-3-2-4-6-13/h2-6H,7-12H2,1H3. The maximum Gasteiger partial charge on any atom is 0.329 e. The number of hydrogen-bond acceptors (Lipinski definition) is 6. The van der Waals surface area contributed by atoms with Gasteiger partial charge in [-0.2, -0.15) is 4.98 Å². The molecule has 1 saturated heterocycles. The van der Waals surface area contributed by atoms with Gasteiger partial charge in [-0.1, -0.05) is 30.3 Å². The third-order valence-corrected chi connectivity index (χ3v) is 4.71. The van der Waals surface area contributed by atoms with E-state index in [2.05, 4.69) is 26.4 Å². The molecule has 6 nitrogen and oxygen atoms in total. The molecule has 1 fully saturated rings. The van der Waals surface area contributed by atoms with Crippen molar-refractivity contribution in [1.29, 1.82) is 0 Å². The summed E-state index contributed by atoms with van der Waals surface area (Å²) < 4.78 is 9.13. The minimum Gasteiger partial charge on any atom is -0.466 e. The highest BCUT2D eigenvalue weighted by atomic mass is 32.1. The second kappa shape index (κ2) is 7.41. The Kier molecular flexibility index (Phi) is 5.07. The molecule has 0 N–H and O–H groups in total. The monoisotopic (exact) mass is 332 g/mol. The summed E-state index contributed by atoms with van der Waals surface area (Å²) in [4.78, 5) is 20.7. The largest absolute Gasteiger partial charge is 0.466 e. The Morgan fingerprint density at radius 2 is 1.96 bits per heavy atom. The molecule has 122 valence electrons. The number of nitrogens with zero attached hydrogens (tertiary/aromatic N) is 4. The first kappa shape index (κ1) is 15.7. The summed E-state index contributed by atoms with van der Waals surface area (Å²) in [5.74, 6) is 0.225. The van der Waals surface area contributed by atoms with E-state index in [0.717, 1.165) is 37.7 Å². The molecule has 2 aromatic rings. The van der Waals surface area contributed by atoms with Crippen molar-refractivity contribution in [2.45, 2.75) is 12.8 Å². The highest BCUT2D eigenvalue weighted by Gasteiger charge is 2.23. The number of amides is 1. The van der Waals surface area contributed by atoms with Gasteiger partial charge in [0.15, 0.2) is 0 Å². The quantitative estimate of drug-likeness (QED) is 0.836. The number of carbonyl (C=O) groups is 1. The Labute approximate surface area is 139 Å². The van der Waals surface area contributed by atoms with E-state index in [0.29, 0.717) is 12.4 Å². The zero-order chi connectivity index (χ0) is 16.1. The van der Waals surface area contributed by atoms with Crippen LogP contribution in [0.1, 0.15) is 12.0 Å². The number of carbonyl (C=O) groups excluding carboxylic acids is 1. The van der Waals surface area contributed by atoms with Gasteiger partial charge in [-0.25, -0.2) is 0 Å². The fraction of sp³-hybridized carbons (Fsp3) is 0.438. The zero-order valence-corrected chi connectivity index (χ0v) is 14.0. The van der Waals surface area contributed by atoms with Gasteiger partial charge >= 0.3 is 6.01 Å². The van der Waals surface area contributed by atoms with Crippen LogP contribution in [-0.4, -0.2) is 53.5 Å². The number of rotatable bonds is 5. The predicted molar refractivity (Wildman–Crippen MR) is 90.0 cm³/mol. The summed E-state index contributed by atoms with van der Waals surface area (Å²) in [6.45, 7) is 3.04. The second-order valence-corrected chi connectivity index (χ2v) is 6.15. The maximum absolute atomic E-state index is 12.3. The molecule has 0 unspecified atom stereocenters. The van der Waals surface area contributed by atoms with E-state index in [1.807, 2.05) is 23.1 Å². The molecule has 0 atom stereocenters. The first-order valence-electron chi connectivity index (χ1n) is 7.70. The van der Waals surface area contributed by atoms with Crippen molar-refractivity contribution in [2.24, 2.45) is 0 Å². The van der Waals surface area contributed by atoms with E-state index >= 15 is 0 Å². The van der Waals surface area contributed by atoms with E-state index in [-0.39, 0.29) is 5.91 Å². The molecule has 1 aromatic heterocycles. The first-order chi connectivity index (χ1) is 11.3. The van der Waals surface area contributed by atoms with Crippen LogP contribution in [0.3, 0.4) is 0 Å². The molecule has 1 amide bonds. The van der Waals surface area contributed by atoms with Gasteiger partial charge in [0.25, 0.3) is 0 Å². The van der Waals surface area contributed by atoms with E-state index in [4.69, 9.17) is 4.74 Å². The predicted octanol–water partition coefficient (Wildman–Crippen LogP) is 1.83. The summed E-state index contributed by atoms with van der Waals surface area (Å²) in [6, 6.07) is 10.5. The highest BCUT2D eigenvalue weighted by molar-refractivity contribution is 7.09. The van der Waals surface area contributed by atoms with Crippen LogP contribution in [0.15, 0.2) is 30.3 Å². The van der Waals surface area contributed by atoms with Gasteiger partial charge in [-0.05, 0) is 12.0 Å². The van der Waals surface area contributed by atoms with Gasteiger partial charge in [-0.3, -0.25) is 4.79 Å². The van der Waals surface area contributed by atoms with Crippen molar-refractivity contribution in [2.75, 3.05) is 38.2 Å². The second-order valence-electron chi connectivity index (χ2n) is 5.42. The Bertz CT molecular complexity index is 639. The Morgan fingerprint density at radius 3 is 2.61 bits per heavy atom.